The average molecular weight is 443 g/mol. The normalized spacial score (nSPS) is 12.7. The maximum atomic E-state index is 14.7. The first-order chi connectivity index (χ1) is 16.2. The lowest BCUT2D eigenvalue weighted by molar-refractivity contribution is 0.0943. The molecule has 0 bridgehead atoms. The summed E-state index contributed by atoms with van der Waals surface area (Å²) in [6.07, 6.45) is 5.10. The standard InChI is InChI=1S/C26H22FN3O3/c27-23-8-2-1-7-21(23)19-13-22(26(31)29-16-20-6-4-11-32-20)25-24(14-19)30(10-12-33-25)17-18-5-3-9-28-15-18/h1-9,11,13-15H,10,12,16-17H2,(H,29,31). The van der Waals surface area contributed by atoms with E-state index in [-0.39, 0.29) is 18.3 Å². The predicted octanol–water partition coefficient (Wildman–Crippen LogP) is 4.81. The molecular weight excluding hydrogens is 421 g/mol. The second-order valence-corrected chi connectivity index (χ2v) is 7.75. The van der Waals surface area contributed by atoms with E-state index in [2.05, 4.69) is 15.2 Å². The molecule has 2 aromatic heterocycles. The Balaban J connectivity index is 1.56. The Kier molecular flexibility index (Phi) is 5.76. The van der Waals surface area contributed by atoms with Crippen LogP contribution in [-0.4, -0.2) is 24.0 Å². The second-order valence-electron chi connectivity index (χ2n) is 7.75. The molecule has 0 aliphatic carbocycles. The van der Waals surface area contributed by atoms with Crippen molar-refractivity contribution in [2.45, 2.75) is 13.1 Å². The molecule has 0 atom stereocenters. The molecular formula is C26H22FN3O3. The number of nitrogens with zero attached hydrogens (tertiary/aromatic N) is 2. The van der Waals surface area contributed by atoms with E-state index in [4.69, 9.17) is 9.15 Å². The Labute approximate surface area is 190 Å². The third-order valence-corrected chi connectivity index (χ3v) is 5.55. The summed E-state index contributed by atoms with van der Waals surface area (Å²) >= 11 is 0. The Bertz CT molecular complexity index is 1260. The summed E-state index contributed by atoms with van der Waals surface area (Å²) in [5.41, 5.74) is 3.16. The molecule has 0 saturated carbocycles. The van der Waals surface area contributed by atoms with E-state index in [9.17, 15) is 9.18 Å². The van der Waals surface area contributed by atoms with E-state index >= 15 is 0 Å². The third-order valence-electron chi connectivity index (χ3n) is 5.55. The van der Waals surface area contributed by atoms with Crippen LogP contribution in [0.5, 0.6) is 5.75 Å². The zero-order valence-corrected chi connectivity index (χ0v) is 17.8. The summed E-state index contributed by atoms with van der Waals surface area (Å²) in [7, 11) is 0. The molecule has 1 N–H and O–H groups in total. The second kappa shape index (κ2) is 9.16. The number of halogens is 1. The number of hydrogen-bond donors (Lipinski definition) is 1. The van der Waals surface area contributed by atoms with Crippen molar-refractivity contribution in [3.63, 3.8) is 0 Å². The minimum Gasteiger partial charge on any atom is -0.489 e. The van der Waals surface area contributed by atoms with E-state index in [1.807, 2.05) is 24.4 Å². The summed E-state index contributed by atoms with van der Waals surface area (Å²) in [4.78, 5) is 19.5. The number of ether oxygens (including phenoxy) is 1. The Morgan fingerprint density at radius 3 is 2.82 bits per heavy atom. The predicted molar refractivity (Wildman–Crippen MR) is 122 cm³/mol. The summed E-state index contributed by atoms with van der Waals surface area (Å²) in [5, 5.41) is 2.87. The molecule has 1 aliphatic heterocycles. The van der Waals surface area contributed by atoms with E-state index in [0.717, 1.165) is 11.3 Å². The number of amides is 1. The number of carbonyl (C=O) groups excluding carboxylic acids is 1. The number of pyridine rings is 1. The summed E-state index contributed by atoms with van der Waals surface area (Å²) in [5.74, 6) is 0.461. The number of anilines is 1. The Morgan fingerprint density at radius 1 is 1.12 bits per heavy atom. The van der Waals surface area contributed by atoms with E-state index in [1.165, 1.54) is 6.07 Å². The minimum absolute atomic E-state index is 0.240. The molecule has 4 aromatic rings. The van der Waals surface area contributed by atoms with Gasteiger partial charge >= 0.3 is 0 Å². The van der Waals surface area contributed by atoms with Crippen LogP contribution in [0.15, 0.2) is 83.7 Å². The van der Waals surface area contributed by atoms with Gasteiger partial charge in [0, 0.05) is 24.5 Å². The fourth-order valence-corrected chi connectivity index (χ4v) is 3.95. The summed E-state index contributed by atoms with van der Waals surface area (Å²) < 4.78 is 25.9. The highest BCUT2D eigenvalue weighted by atomic mass is 19.1. The van der Waals surface area contributed by atoms with Crippen molar-refractivity contribution in [3.8, 4) is 16.9 Å². The summed E-state index contributed by atoms with van der Waals surface area (Å²) in [6.45, 7) is 1.91. The highest BCUT2D eigenvalue weighted by Crippen LogP contribution is 2.40. The lowest BCUT2D eigenvalue weighted by Gasteiger charge is -2.33. The lowest BCUT2D eigenvalue weighted by Crippen LogP contribution is -2.34. The zero-order valence-electron chi connectivity index (χ0n) is 17.8. The van der Waals surface area contributed by atoms with Crippen LogP contribution in [0.3, 0.4) is 0 Å². The maximum absolute atomic E-state index is 14.7. The van der Waals surface area contributed by atoms with Crippen molar-refractivity contribution >= 4 is 11.6 Å². The first-order valence-electron chi connectivity index (χ1n) is 10.7. The van der Waals surface area contributed by atoms with Gasteiger partial charge in [0.1, 0.15) is 18.2 Å². The molecule has 166 valence electrons. The van der Waals surface area contributed by atoms with Gasteiger partial charge < -0.3 is 19.4 Å². The molecule has 0 spiro atoms. The zero-order chi connectivity index (χ0) is 22.6. The topological polar surface area (TPSA) is 67.6 Å². The van der Waals surface area contributed by atoms with Crippen LogP contribution in [0.2, 0.25) is 0 Å². The first kappa shape index (κ1) is 20.8. The molecule has 2 aromatic carbocycles. The number of furan rings is 1. The third kappa shape index (κ3) is 4.43. The van der Waals surface area contributed by atoms with Gasteiger partial charge in [-0.15, -0.1) is 0 Å². The van der Waals surface area contributed by atoms with Gasteiger partial charge in [-0.05, 0) is 47.5 Å². The molecule has 3 heterocycles. The minimum atomic E-state index is -0.352. The van der Waals surface area contributed by atoms with Gasteiger partial charge in [-0.25, -0.2) is 4.39 Å². The van der Waals surface area contributed by atoms with Crippen LogP contribution in [-0.2, 0) is 13.1 Å². The molecule has 0 saturated heterocycles. The van der Waals surface area contributed by atoms with Crippen molar-refractivity contribution in [1.29, 1.82) is 0 Å². The van der Waals surface area contributed by atoms with Gasteiger partial charge in [-0.1, -0.05) is 24.3 Å². The molecule has 0 radical (unpaired) electrons. The Hall–Kier alpha value is -4.13. The van der Waals surface area contributed by atoms with Gasteiger partial charge in [0.25, 0.3) is 5.91 Å². The maximum Gasteiger partial charge on any atom is 0.255 e. The highest BCUT2D eigenvalue weighted by Gasteiger charge is 2.26. The molecule has 5 rings (SSSR count). The number of fused-ring (bicyclic) bond motifs is 1. The number of nitrogens with one attached hydrogen (secondary N) is 1. The lowest BCUT2D eigenvalue weighted by atomic mass is 9.98. The highest BCUT2D eigenvalue weighted by molar-refractivity contribution is 6.01. The van der Waals surface area contributed by atoms with Crippen LogP contribution in [0.4, 0.5) is 10.1 Å². The van der Waals surface area contributed by atoms with Gasteiger partial charge in [-0.2, -0.15) is 0 Å². The van der Waals surface area contributed by atoms with Crippen molar-refractivity contribution in [2.75, 3.05) is 18.1 Å². The molecule has 7 heteroatoms. The van der Waals surface area contributed by atoms with Crippen molar-refractivity contribution in [1.82, 2.24) is 10.3 Å². The number of aromatic nitrogens is 1. The van der Waals surface area contributed by atoms with Crippen molar-refractivity contribution < 1.29 is 18.3 Å². The van der Waals surface area contributed by atoms with Gasteiger partial charge in [-0.3, -0.25) is 9.78 Å². The number of benzene rings is 2. The van der Waals surface area contributed by atoms with E-state index in [1.54, 1.807) is 48.9 Å². The molecule has 1 aliphatic rings. The van der Waals surface area contributed by atoms with Crippen molar-refractivity contribution in [3.05, 3.63) is 102 Å². The molecule has 0 unspecified atom stereocenters. The average Bonchev–Trinajstić information content (AvgIpc) is 3.37. The van der Waals surface area contributed by atoms with Crippen molar-refractivity contribution in [2.24, 2.45) is 0 Å². The molecule has 0 fully saturated rings. The number of rotatable bonds is 6. The molecule has 1 amide bonds. The fourth-order valence-electron chi connectivity index (χ4n) is 3.95. The van der Waals surface area contributed by atoms with Crippen LogP contribution in [0.1, 0.15) is 21.7 Å². The van der Waals surface area contributed by atoms with Gasteiger partial charge in [0.15, 0.2) is 5.75 Å². The first-order valence-corrected chi connectivity index (χ1v) is 10.7. The summed E-state index contributed by atoms with van der Waals surface area (Å²) in [6, 6.07) is 17.5. The molecule has 33 heavy (non-hydrogen) atoms. The van der Waals surface area contributed by atoms with Crippen LogP contribution >= 0.6 is 0 Å². The van der Waals surface area contributed by atoms with Gasteiger partial charge in [0.05, 0.1) is 30.6 Å². The van der Waals surface area contributed by atoms with Crippen LogP contribution in [0, 0.1) is 5.82 Å². The quantitative estimate of drug-likeness (QED) is 0.463. The Morgan fingerprint density at radius 2 is 2.03 bits per heavy atom. The van der Waals surface area contributed by atoms with Crippen LogP contribution < -0.4 is 15.0 Å². The molecule has 6 nitrogen and oxygen atoms in total. The fraction of sp³-hybridized carbons (Fsp3) is 0.154. The van der Waals surface area contributed by atoms with E-state index < -0.39 is 0 Å². The number of hydrogen-bond acceptors (Lipinski definition) is 5. The largest absolute Gasteiger partial charge is 0.489 e. The van der Waals surface area contributed by atoms with Gasteiger partial charge in [0.2, 0.25) is 0 Å². The van der Waals surface area contributed by atoms with E-state index in [0.29, 0.717) is 47.9 Å². The SMILES string of the molecule is O=C(NCc1ccco1)c1cc(-c2ccccc2F)cc2c1OCCN2Cc1cccnc1. The smallest absolute Gasteiger partial charge is 0.255 e. The monoisotopic (exact) mass is 443 g/mol. The number of carbonyl (C=O) groups is 1. The van der Waals surface area contributed by atoms with Crippen LogP contribution in [0.25, 0.3) is 11.1 Å².